The van der Waals surface area contributed by atoms with Gasteiger partial charge in [0.1, 0.15) is 6.04 Å². The second kappa shape index (κ2) is 11.8. The van der Waals surface area contributed by atoms with Gasteiger partial charge in [-0.15, -0.1) is 0 Å². The number of benzene rings is 1. The molecular formula is C19H20KN7O6. The Morgan fingerprint density at radius 3 is 2.45 bits per heavy atom. The van der Waals surface area contributed by atoms with Crippen LogP contribution in [0.2, 0.25) is 0 Å². The number of carbonyl (C=O) groups excluding carboxylic acids is 1. The molecule has 0 radical (unpaired) electrons. The Bertz CT molecular complexity index is 1230. The van der Waals surface area contributed by atoms with E-state index in [1.807, 2.05) is 0 Å². The zero-order valence-corrected chi connectivity index (χ0v) is 16.5. The molecule has 0 saturated carbocycles. The number of hydrogen-bond acceptors (Lipinski definition) is 9. The van der Waals surface area contributed by atoms with Crippen LogP contribution in [0.25, 0.3) is 11.2 Å². The number of carboxylic acid groups (broad SMARTS) is 2. The third kappa shape index (κ3) is 7.29. The SMILES string of the molecule is Nc1nc(=O)c2nc(CNc3ccc(C(=O)N[C@@H](CCC(=O)O)C(=O)O)cc3)cnc2[nH]1.[KH]. The number of aromatic nitrogens is 4. The minimum absolute atomic E-state index is 0. The molecule has 0 aliphatic heterocycles. The van der Waals surface area contributed by atoms with Crippen LogP contribution in [0.3, 0.4) is 0 Å². The van der Waals surface area contributed by atoms with Crippen molar-refractivity contribution >= 4 is 92.0 Å². The summed E-state index contributed by atoms with van der Waals surface area (Å²) in [5.74, 6) is -3.16. The number of amides is 1. The number of anilines is 2. The molecule has 3 aromatic rings. The average Bonchev–Trinajstić information content (AvgIpc) is 2.75. The Morgan fingerprint density at radius 1 is 1.12 bits per heavy atom. The number of aromatic amines is 1. The molecule has 7 N–H and O–H groups in total. The van der Waals surface area contributed by atoms with E-state index in [1.165, 1.54) is 18.3 Å². The van der Waals surface area contributed by atoms with Crippen LogP contribution in [0, 0.1) is 0 Å². The van der Waals surface area contributed by atoms with E-state index in [0.717, 1.165) is 0 Å². The van der Waals surface area contributed by atoms with Crippen molar-refractivity contribution in [1.82, 2.24) is 25.3 Å². The summed E-state index contributed by atoms with van der Waals surface area (Å²) in [5.41, 5.74) is 6.47. The first-order valence-corrected chi connectivity index (χ1v) is 9.33. The van der Waals surface area contributed by atoms with E-state index in [9.17, 15) is 19.2 Å². The normalized spacial score (nSPS) is 11.3. The van der Waals surface area contributed by atoms with Gasteiger partial charge in [-0.1, -0.05) is 0 Å². The van der Waals surface area contributed by atoms with E-state index in [-0.39, 0.29) is 93.4 Å². The molecule has 2 aromatic heterocycles. The Labute approximate surface area is 228 Å². The predicted octanol–water partition coefficient (Wildman–Crippen LogP) is -0.693. The van der Waals surface area contributed by atoms with E-state index < -0.39 is 29.4 Å². The molecular weight excluding hydrogens is 461 g/mol. The predicted molar refractivity (Wildman–Crippen MR) is 119 cm³/mol. The van der Waals surface area contributed by atoms with Crippen molar-refractivity contribution in [2.45, 2.75) is 25.4 Å². The maximum atomic E-state index is 12.3. The number of aliphatic carboxylic acids is 2. The van der Waals surface area contributed by atoms with Crippen molar-refractivity contribution in [2.24, 2.45) is 0 Å². The van der Waals surface area contributed by atoms with Gasteiger partial charge >= 0.3 is 68.9 Å². The number of carbonyl (C=O) groups is 3. The van der Waals surface area contributed by atoms with Gasteiger partial charge in [0.05, 0.1) is 18.4 Å². The quantitative estimate of drug-likeness (QED) is 0.210. The molecule has 14 heteroatoms. The molecule has 0 fully saturated rings. The Kier molecular flexibility index (Phi) is 9.42. The van der Waals surface area contributed by atoms with Gasteiger partial charge in [0.25, 0.3) is 5.91 Å². The summed E-state index contributed by atoms with van der Waals surface area (Å²) in [5, 5.41) is 23.2. The Morgan fingerprint density at radius 2 is 1.82 bits per heavy atom. The Hall–Kier alpha value is -2.91. The van der Waals surface area contributed by atoms with Crippen molar-refractivity contribution in [1.29, 1.82) is 0 Å². The van der Waals surface area contributed by atoms with Crippen LogP contribution < -0.4 is 21.9 Å². The Balaban J connectivity index is 0.00000385. The third-order valence-electron chi connectivity index (χ3n) is 4.36. The summed E-state index contributed by atoms with van der Waals surface area (Å²) in [6.07, 6.45) is 0.858. The molecule has 0 saturated heterocycles. The summed E-state index contributed by atoms with van der Waals surface area (Å²) in [6.45, 7) is 0.231. The van der Waals surface area contributed by atoms with Crippen LogP contribution in [0.4, 0.5) is 11.6 Å². The first-order valence-electron chi connectivity index (χ1n) is 9.33. The van der Waals surface area contributed by atoms with Gasteiger partial charge < -0.3 is 31.6 Å². The van der Waals surface area contributed by atoms with E-state index >= 15 is 0 Å². The minimum atomic E-state index is -1.31. The fourth-order valence-corrected chi connectivity index (χ4v) is 2.76. The van der Waals surface area contributed by atoms with Gasteiger partial charge in [0.15, 0.2) is 11.2 Å². The van der Waals surface area contributed by atoms with E-state index in [0.29, 0.717) is 11.4 Å². The van der Waals surface area contributed by atoms with Gasteiger partial charge in [-0.2, -0.15) is 4.98 Å². The second-order valence-electron chi connectivity index (χ2n) is 6.71. The van der Waals surface area contributed by atoms with Gasteiger partial charge in [-0.25, -0.2) is 14.8 Å². The van der Waals surface area contributed by atoms with Crippen LogP contribution in [-0.2, 0) is 16.1 Å². The number of nitrogen functional groups attached to an aromatic ring is 1. The van der Waals surface area contributed by atoms with Crippen LogP contribution in [-0.4, -0.2) is 105 Å². The zero-order chi connectivity index (χ0) is 23.3. The van der Waals surface area contributed by atoms with E-state index in [2.05, 4.69) is 30.6 Å². The number of H-pyrrole nitrogens is 1. The number of fused-ring (bicyclic) bond motifs is 1. The molecule has 33 heavy (non-hydrogen) atoms. The van der Waals surface area contributed by atoms with Crippen LogP contribution in [0.15, 0.2) is 35.3 Å². The van der Waals surface area contributed by atoms with Gasteiger partial charge in [-0.3, -0.25) is 14.4 Å². The molecule has 2 heterocycles. The number of nitrogens with two attached hydrogens (primary N) is 1. The molecule has 0 spiro atoms. The van der Waals surface area contributed by atoms with Gasteiger partial charge in [-0.05, 0) is 30.7 Å². The second-order valence-corrected chi connectivity index (χ2v) is 6.71. The van der Waals surface area contributed by atoms with E-state index in [4.69, 9.17) is 15.9 Å². The number of hydrogen-bond donors (Lipinski definition) is 6. The molecule has 0 bridgehead atoms. The van der Waals surface area contributed by atoms with Gasteiger partial charge in [0.2, 0.25) is 5.95 Å². The van der Waals surface area contributed by atoms with Crippen LogP contribution >= 0.6 is 0 Å². The molecule has 0 aliphatic carbocycles. The molecule has 0 unspecified atom stereocenters. The van der Waals surface area contributed by atoms with Crippen molar-refractivity contribution in [3.8, 4) is 0 Å². The summed E-state index contributed by atoms with van der Waals surface area (Å²) >= 11 is 0. The summed E-state index contributed by atoms with van der Waals surface area (Å²) in [6, 6.07) is 4.86. The fourth-order valence-electron chi connectivity index (χ4n) is 2.76. The van der Waals surface area contributed by atoms with Crippen molar-refractivity contribution in [3.63, 3.8) is 0 Å². The summed E-state index contributed by atoms with van der Waals surface area (Å²) in [4.78, 5) is 60.5. The van der Waals surface area contributed by atoms with Crippen molar-refractivity contribution < 1.29 is 24.6 Å². The van der Waals surface area contributed by atoms with Crippen LogP contribution in [0.1, 0.15) is 28.9 Å². The van der Waals surface area contributed by atoms with E-state index in [1.54, 1.807) is 12.1 Å². The standard InChI is InChI=1S/C19H19N7O6.K.H/c20-19-25-15-14(17(30)26-19)23-11(8-22-15)7-21-10-3-1-9(2-4-10)16(29)24-12(18(31)32)5-6-13(27)28;;/h1-4,8,12,21H,5-7H2,(H,24,29)(H,27,28)(H,31,32)(H3,20,22,25,26,30);;/t12-;;/m0../s1. The maximum absolute atomic E-state index is 12.3. The molecule has 1 aromatic carbocycles. The topological polar surface area (TPSA) is 213 Å². The number of nitrogens with zero attached hydrogens (tertiary/aromatic N) is 3. The molecule has 1 amide bonds. The van der Waals surface area contributed by atoms with Gasteiger partial charge in [0, 0.05) is 17.7 Å². The summed E-state index contributed by atoms with van der Waals surface area (Å²) in [7, 11) is 0. The molecule has 13 nitrogen and oxygen atoms in total. The molecule has 1 atom stereocenters. The third-order valence-corrected chi connectivity index (χ3v) is 4.36. The molecule has 3 rings (SSSR count). The first kappa shape index (κ1) is 26.3. The molecule has 0 aliphatic rings. The monoisotopic (exact) mass is 481 g/mol. The fraction of sp³-hybridized carbons (Fsp3) is 0.211. The molecule has 168 valence electrons. The number of nitrogens with one attached hydrogen (secondary N) is 3. The summed E-state index contributed by atoms with van der Waals surface area (Å²) < 4.78 is 0. The average molecular weight is 482 g/mol. The first-order chi connectivity index (χ1) is 15.2. The van der Waals surface area contributed by atoms with Crippen molar-refractivity contribution in [2.75, 3.05) is 11.1 Å². The van der Waals surface area contributed by atoms with Crippen LogP contribution in [0.5, 0.6) is 0 Å². The number of rotatable bonds is 9. The number of carboxylic acids is 2. The van der Waals surface area contributed by atoms with Crippen molar-refractivity contribution in [3.05, 3.63) is 52.1 Å². The zero-order valence-electron chi connectivity index (χ0n) is 16.5.